The fourth-order valence-electron chi connectivity index (χ4n) is 0.984. The molecule has 1 aromatic rings. The molecule has 80 valence electrons. The zero-order valence-electron chi connectivity index (χ0n) is 8.66. The van der Waals surface area contributed by atoms with Crippen molar-refractivity contribution < 1.29 is 9.63 Å². The van der Waals surface area contributed by atoms with Gasteiger partial charge in [0.05, 0.1) is 5.60 Å². The maximum absolute atomic E-state index is 9.67. The molecule has 0 spiro atoms. The molecule has 2 N–H and O–H groups in total. The Kier molecular flexibility index (Phi) is 4.03. The number of hydrogen-bond acceptors (Lipinski definition) is 5. The zero-order valence-corrected chi connectivity index (χ0v) is 8.66. The lowest BCUT2D eigenvalue weighted by Gasteiger charge is -2.21. The summed E-state index contributed by atoms with van der Waals surface area (Å²) < 4.78 is 4.83. The molecule has 1 unspecified atom stereocenters. The Morgan fingerprint density at radius 3 is 3.00 bits per heavy atom. The highest BCUT2D eigenvalue weighted by molar-refractivity contribution is 4.77. The molecule has 0 aliphatic carbocycles. The van der Waals surface area contributed by atoms with Crippen LogP contribution in [0.3, 0.4) is 0 Å². The highest BCUT2D eigenvalue weighted by Crippen LogP contribution is 2.05. The summed E-state index contributed by atoms with van der Waals surface area (Å²) in [6.07, 6.45) is 2.82. The van der Waals surface area contributed by atoms with Gasteiger partial charge < -0.3 is 14.9 Å². The maximum Gasteiger partial charge on any atom is 0.227 e. The van der Waals surface area contributed by atoms with Gasteiger partial charge in [0.1, 0.15) is 0 Å². The van der Waals surface area contributed by atoms with Crippen molar-refractivity contribution in [2.75, 3.05) is 13.1 Å². The lowest BCUT2D eigenvalue weighted by atomic mass is 10.0. The van der Waals surface area contributed by atoms with Gasteiger partial charge in [-0.3, -0.25) is 0 Å². The summed E-state index contributed by atoms with van der Waals surface area (Å²) in [6, 6.07) is 0. The van der Waals surface area contributed by atoms with Gasteiger partial charge in [0.25, 0.3) is 0 Å². The zero-order chi connectivity index (χ0) is 10.4. The van der Waals surface area contributed by atoms with Gasteiger partial charge in [0, 0.05) is 19.5 Å². The van der Waals surface area contributed by atoms with Crippen molar-refractivity contribution in [3.05, 3.63) is 12.2 Å². The predicted molar refractivity (Wildman–Crippen MR) is 51.8 cm³/mol. The lowest BCUT2D eigenvalue weighted by Crippen LogP contribution is -2.37. The molecular weight excluding hydrogens is 182 g/mol. The van der Waals surface area contributed by atoms with E-state index in [2.05, 4.69) is 15.5 Å². The van der Waals surface area contributed by atoms with E-state index in [0.717, 1.165) is 13.0 Å². The van der Waals surface area contributed by atoms with E-state index in [4.69, 9.17) is 4.52 Å². The van der Waals surface area contributed by atoms with Crippen molar-refractivity contribution in [3.63, 3.8) is 0 Å². The summed E-state index contributed by atoms with van der Waals surface area (Å²) in [5, 5.41) is 16.3. The standard InChI is InChI=1S/C9H17N3O2/c1-3-9(2,13)6-10-5-4-8-11-7-12-14-8/h7,10,13H,3-6H2,1-2H3. The van der Waals surface area contributed by atoms with Crippen LogP contribution >= 0.6 is 0 Å². The Morgan fingerprint density at radius 1 is 1.64 bits per heavy atom. The molecule has 0 bridgehead atoms. The molecule has 0 radical (unpaired) electrons. The van der Waals surface area contributed by atoms with Gasteiger partial charge in [0.15, 0.2) is 6.33 Å². The van der Waals surface area contributed by atoms with E-state index in [0.29, 0.717) is 18.9 Å². The van der Waals surface area contributed by atoms with Crippen LogP contribution in [0, 0.1) is 0 Å². The average Bonchev–Trinajstić information content (AvgIpc) is 2.65. The van der Waals surface area contributed by atoms with Crippen molar-refractivity contribution in [2.45, 2.75) is 32.3 Å². The molecule has 0 saturated carbocycles. The number of nitrogens with zero attached hydrogens (tertiary/aromatic N) is 2. The molecule has 0 aliphatic rings. The minimum atomic E-state index is -0.630. The predicted octanol–water partition coefficient (Wildman–Crippen LogP) is 0.363. The van der Waals surface area contributed by atoms with Crippen LogP contribution in [0.4, 0.5) is 0 Å². The second-order valence-corrected chi connectivity index (χ2v) is 3.61. The molecule has 0 aliphatic heterocycles. The Labute approximate surface area is 83.5 Å². The van der Waals surface area contributed by atoms with Crippen LogP contribution in [0.1, 0.15) is 26.2 Å². The molecule has 0 aromatic carbocycles. The average molecular weight is 199 g/mol. The molecule has 1 aromatic heterocycles. The smallest absolute Gasteiger partial charge is 0.227 e. The summed E-state index contributed by atoms with van der Waals surface area (Å²) in [7, 11) is 0. The summed E-state index contributed by atoms with van der Waals surface area (Å²) in [4.78, 5) is 3.89. The first-order valence-corrected chi connectivity index (χ1v) is 4.83. The molecule has 1 atom stereocenters. The van der Waals surface area contributed by atoms with Gasteiger partial charge in [-0.25, -0.2) is 0 Å². The third-order valence-electron chi connectivity index (χ3n) is 2.19. The van der Waals surface area contributed by atoms with E-state index in [9.17, 15) is 5.11 Å². The van der Waals surface area contributed by atoms with Crippen molar-refractivity contribution in [1.29, 1.82) is 0 Å². The van der Waals surface area contributed by atoms with E-state index in [1.54, 1.807) is 0 Å². The first-order chi connectivity index (χ1) is 6.64. The third kappa shape index (κ3) is 3.85. The highest BCUT2D eigenvalue weighted by atomic mass is 16.5. The normalized spacial score (nSPS) is 15.4. The van der Waals surface area contributed by atoms with Crippen LogP contribution in [0.2, 0.25) is 0 Å². The Hall–Kier alpha value is -0.940. The molecule has 5 nitrogen and oxygen atoms in total. The van der Waals surface area contributed by atoms with Crippen LogP contribution in [0.5, 0.6) is 0 Å². The van der Waals surface area contributed by atoms with Gasteiger partial charge in [-0.15, -0.1) is 0 Å². The first-order valence-electron chi connectivity index (χ1n) is 4.83. The summed E-state index contributed by atoms with van der Waals surface area (Å²) in [5.41, 5.74) is -0.630. The van der Waals surface area contributed by atoms with Crippen LogP contribution in [-0.4, -0.2) is 33.9 Å². The minimum Gasteiger partial charge on any atom is -0.389 e. The van der Waals surface area contributed by atoms with Gasteiger partial charge in [0.2, 0.25) is 5.89 Å². The van der Waals surface area contributed by atoms with Crippen molar-refractivity contribution >= 4 is 0 Å². The number of aliphatic hydroxyl groups is 1. The number of hydrogen-bond donors (Lipinski definition) is 2. The molecule has 1 rings (SSSR count). The molecule has 0 amide bonds. The van der Waals surface area contributed by atoms with Crippen molar-refractivity contribution in [2.24, 2.45) is 0 Å². The second-order valence-electron chi connectivity index (χ2n) is 3.61. The fourth-order valence-corrected chi connectivity index (χ4v) is 0.984. The van der Waals surface area contributed by atoms with Crippen LogP contribution < -0.4 is 5.32 Å². The van der Waals surface area contributed by atoms with Crippen LogP contribution in [0.15, 0.2) is 10.9 Å². The summed E-state index contributed by atoms with van der Waals surface area (Å²) >= 11 is 0. The van der Waals surface area contributed by atoms with E-state index in [1.807, 2.05) is 13.8 Å². The number of aromatic nitrogens is 2. The molecule has 14 heavy (non-hydrogen) atoms. The van der Waals surface area contributed by atoms with Gasteiger partial charge >= 0.3 is 0 Å². The monoisotopic (exact) mass is 199 g/mol. The van der Waals surface area contributed by atoms with Gasteiger partial charge in [-0.2, -0.15) is 4.98 Å². The lowest BCUT2D eigenvalue weighted by molar-refractivity contribution is 0.0560. The van der Waals surface area contributed by atoms with Gasteiger partial charge in [-0.1, -0.05) is 12.1 Å². The number of nitrogens with one attached hydrogen (secondary N) is 1. The van der Waals surface area contributed by atoms with E-state index >= 15 is 0 Å². The topological polar surface area (TPSA) is 71.2 Å². The quantitative estimate of drug-likeness (QED) is 0.647. The van der Waals surface area contributed by atoms with E-state index < -0.39 is 5.60 Å². The maximum atomic E-state index is 9.67. The molecule has 0 fully saturated rings. The Morgan fingerprint density at radius 2 is 2.43 bits per heavy atom. The third-order valence-corrected chi connectivity index (χ3v) is 2.19. The van der Waals surface area contributed by atoms with Gasteiger partial charge in [-0.05, 0) is 13.3 Å². The Bertz CT molecular complexity index is 247. The second kappa shape index (κ2) is 5.07. The summed E-state index contributed by atoms with van der Waals surface area (Å²) in [6.45, 7) is 5.09. The highest BCUT2D eigenvalue weighted by Gasteiger charge is 2.16. The fraction of sp³-hybridized carbons (Fsp3) is 0.778. The van der Waals surface area contributed by atoms with E-state index in [-0.39, 0.29) is 0 Å². The van der Waals surface area contributed by atoms with Crippen molar-refractivity contribution in [1.82, 2.24) is 15.5 Å². The largest absolute Gasteiger partial charge is 0.389 e. The van der Waals surface area contributed by atoms with E-state index in [1.165, 1.54) is 6.33 Å². The van der Waals surface area contributed by atoms with Crippen LogP contribution in [0.25, 0.3) is 0 Å². The summed E-state index contributed by atoms with van der Waals surface area (Å²) in [5.74, 6) is 0.619. The first kappa shape index (κ1) is 11.1. The Balaban J connectivity index is 2.11. The molecule has 5 heteroatoms. The van der Waals surface area contributed by atoms with Crippen LogP contribution in [-0.2, 0) is 6.42 Å². The minimum absolute atomic E-state index is 0.581. The SMILES string of the molecule is CCC(C)(O)CNCCc1ncno1. The molecule has 1 heterocycles. The number of rotatable bonds is 6. The molecule has 0 saturated heterocycles. The van der Waals surface area contributed by atoms with Crippen molar-refractivity contribution in [3.8, 4) is 0 Å². The molecular formula is C9H17N3O2.